The lowest BCUT2D eigenvalue weighted by atomic mass is 10.1. The van der Waals surface area contributed by atoms with Crippen LogP contribution < -0.4 is 5.32 Å². The lowest BCUT2D eigenvalue weighted by molar-refractivity contribution is -0.137. The van der Waals surface area contributed by atoms with Crippen LogP contribution in [0.15, 0.2) is 28.8 Å². The van der Waals surface area contributed by atoms with Crippen molar-refractivity contribution >= 4 is 0 Å². The Morgan fingerprint density at radius 2 is 2.10 bits per heavy atom. The van der Waals surface area contributed by atoms with Crippen LogP contribution in [0.3, 0.4) is 0 Å². The first-order valence-electron chi connectivity index (χ1n) is 6.15. The summed E-state index contributed by atoms with van der Waals surface area (Å²) in [7, 11) is 1.84. The van der Waals surface area contributed by atoms with Crippen molar-refractivity contribution in [3.05, 3.63) is 35.7 Å². The number of aryl methyl sites for hydroxylation is 1. The van der Waals surface area contributed by atoms with Gasteiger partial charge in [-0.2, -0.15) is 18.2 Å². The first kappa shape index (κ1) is 14.5. The second-order valence-corrected chi connectivity index (χ2v) is 4.30. The fraction of sp³-hybridized carbons (Fsp3) is 0.385. The minimum Gasteiger partial charge on any atom is -0.339 e. The zero-order valence-corrected chi connectivity index (χ0v) is 10.9. The van der Waals surface area contributed by atoms with E-state index in [1.165, 1.54) is 12.1 Å². The molecular formula is C13H14F3N3O. The van der Waals surface area contributed by atoms with E-state index in [0.717, 1.165) is 25.1 Å². The Labute approximate surface area is 114 Å². The van der Waals surface area contributed by atoms with Gasteiger partial charge >= 0.3 is 6.18 Å². The molecule has 2 aromatic rings. The van der Waals surface area contributed by atoms with Crippen molar-refractivity contribution in [3.8, 4) is 11.4 Å². The van der Waals surface area contributed by atoms with Crippen molar-refractivity contribution in [1.29, 1.82) is 0 Å². The van der Waals surface area contributed by atoms with Gasteiger partial charge in [0.1, 0.15) is 0 Å². The summed E-state index contributed by atoms with van der Waals surface area (Å²) in [6.45, 7) is 0.807. The first-order chi connectivity index (χ1) is 9.50. The van der Waals surface area contributed by atoms with Crippen LogP contribution in [0.5, 0.6) is 0 Å². The highest BCUT2D eigenvalue weighted by atomic mass is 19.4. The Hall–Kier alpha value is -1.89. The van der Waals surface area contributed by atoms with Crippen LogP contribution >= 0.6 is 0 Å². The van der Waals surface area contributed by atoms with Crippen LogP contribution in [0.1, 0.15) is 17.9 Å². The summed E-state index contributed by atoms with van der Waals surface area (Å²) in [5, 5.41) is 6.70. The number of halogens is 3. The summed E-state index contributed by atoms with van der Waals surface area (Å²) in [5.41, 5.74) is -0.431. The fourth-order valence-corrected chi connectivity index (χ4v) is 1.72. The van der Waals surface area contributed by atoms with E-state index in [9.17, 15) is 13.2 Å². The maximum absolute atomic E-state index is 12.6. The molecule has 0 aliphatic rings. The predicted molar refractivity (Wildman–Crippen MR) is 67.0 cm³/mol. The van der Waals surface area contributed by atoms with Crippen molar-refractivity contribution in [2.75, 3.05) is 13.6 Å². The molecule has 0 saturated carbocycles. The molecule has 1 heterocycles. The molecule has 0 amide bonds. The number of nitrogens with one attached hydrogen (secondary N) is 1. The SMILES string of the molecule is CNCCCc1nc(-c2cccc(C(F)(F)F)c2)no1. The summed E-state index contributed by atoms with van der Waals surface area (Å²) in [5.74, 6) is 0.600. The quantitative estimate of drug-likeness (QED) is 0.858. The lowest BCUT2D eigenvalue weighted by Gasteiger charge is -2.06. The molecule has 1 aromatic heterocycles. The normalized spacial score (nSPS) is 11.8. The van der Waals surface area contributed by atoms with Crippen molar-refractivity contribution in [2.24, 2.45) is 0 Å². The number of nitrogens with zero attached hydrogens (tertiary/aromatic N) is 2. The highest BCUT2D eigenvalue weighted by Crippen LogP contribution is 2.31. The molecular weight excluding hydrogens is 271 g/mol. The molecule has 4 nitrogen and oxygen atoms in total. The number of hydrogen-bond donors (Lipinski definition) is 1. The molecule has 1 N–H and O–H groups in total. The summed E-state index contributed by atoms with van der Waals surface area (Å²) >= 11 is 0. The van der Waals surface area contributed by atoms with Gasteiger partial charge in [-0.05, 0) is 32.1 Å². The average Bonchev–Trinajstić information content (AvgIpc) is 2.87. The average molecular weight is 285 g/mol. The Balaban J connectivity index is 2.16. The van der Waals surface area contributed by atoms with Gasteiger partial charge in [-0.25, -0.2) is 0 Å². The smallest absolute Gasteiger partial charge is 0.339 e. The number of aromatic nitrogens is 2. The van der Waals surface area contributed by atoms with Gasteiger partial charge in [0, 0.05) is 12.0 Å². The van der Waals surface area contributed by atoms with Gasteiger partial charge in [-0.1, -0.05) is 17.3 Å². The molecule has 0 radical (unpaired) electrons. The summed E-state index contributed by atoms with van der Waals surface area (Å²) in [6, 6.07) is 4.88. The zero-order valence-electron chi connectivity index (χ0n) is 10.9. The van der Waals surface area contributed by atoms with Crippen LogP contribution in [0.2, 0.25) is 0 Å². The topological polar surface area (TPSA) is 51.0 Å². The molecule has 0 aliphatic heterocycles. The third-order valence-electron chi connectivity index (χ3n) is 2.73. The number of rotatable bonds is 5. The maximum Gasteiger partial charge on any atom is 0.416 e. The van der Waals surface area contributed by atoms with Crippen LogP contribution in [-0.2, 0) is 12.6 Å². The number of alkyl halides is 3. The van der Waals surface area contributed by atoms with E-state index in [-0.39, 0.29) is 5.82 Å². The van der Waals surface area contributed by atoms with E-state index in [1.807, 2.05) is 7.05 Å². The number of benzene rings is 1. The van der Waals surface area contributed by atoms with Gasteiger partial charge in [0.2, 0.25) is 11.7 Å². The van der Waals surface area contributed by atoms with Gasteiger partial charge in [0.15, 0.2) is 0 Å². The van der Waals surface area contributed by atoms with E-state index in [1.54, 1.807) is 0 Å². The molecule has 0 unspecified atom stereocenters. The zero-order chi connectivity index (χ0) is 14.6. The van der Waals surface area contributed by atoms with Crippen molar-refractivity contribution in [1.82, 2.24) is 15.5 Å². The van der Waals surface area contributed by atoms with E-state index < -0.39 is 11.7 Å². The first-order valence-corrected chi connectivity index (χ1v) is 6.15. The Morgan fingerprint density at radius 3 is 2.80 bits per heavy atom. The van der Waals surface area contributed by atoms with Crippen molar-refractivity contribution in [2.45, 2.75) is 19.0 Å². The molecule has 0 saturated heterocycles. The van der Waals surface area contributed by atoms with E-state index in [2.05, 4.69) is 15.5 Å². The van der Waals surface area contributed by atoms with Crippen molar-refractivity contribution in [3.63, 3.8) is 0 Å². The minimum atomic E-state index is -4.38. The molecule has 20 heavy (non-hydrogen) atoms. The monoisotopic (exact) mass is 285 g/mol. The van der Waals surface area contributed by atoms with Crippen LogP contribution in [0, 0.1) is 0 Å². The van der Waals surface area contributed by atoms with E-state index >= 15 is 0 Å². The molecule has 1 aromatic carbocycles. The summed E-state index contributed by atoms with van der Waals surface area (Å²) < 4.78 is 42.9. The molecule has 7 heteroatoms. The second kappa shape index (κ2) is 6.04. The predicted octanol–water partition coefficient (Wildman–Crippen LogP) is 2.91. The van der Waals surface area contributed by atoms with Crippen LogP contribution in [0.4, 0.5) is 13.2 Å². The Kier molecular flexibility index (Phi) is 4.39. The van der Waals surface area contributed by atoms with E-state index in [4.69, 9.17) is 4.52 Å². The molecule has 0 fully saturated rings. The highest BCUT2D eigenvalue weighted by Gasteiger charge is 2.30. The summed E-state index contributed by atoms with van der Waals surface area (Å²) in [6.07, 6.45) is -2.97. The van der Waals surface area contributed by atoms with Crippen LogP contribution in [0.25, 0.3) is 11.4 Å². The van der Waals surface area contributed by atoms with Gasteiger partial charge in [-0.15, -0.1) is 0 Å². The van der Waals surface area contributed by atoms with Crippen molar-refractivity contribution < 1.29 is 17.7 Å². The summed E-state index contributed by atoms with van der Waals surface area (Å²) in [4.78, 5) is 4.10. The third kappa shape index (κ3) is 3.57. The van der Waals surface area contributed by atoms with E-state index in [0.29, 0.717) is 17.9 Å². The molecule has 0 bridgehead atoms. The maximum atomic E-state index is 12.6. The Bertz CT molecular complexity index is 566. The Morgan fingerprint density at radius 1 is 1.30 bits per heavy atom. The van der Waals surface area contributed by atoms with Gasteiger partial charge in [-0.3, -0.25) is 0 Å². The largest absolute Gasteiger partial charge is 0.416 e. The third-order valence-corrected chi connectivity index (χ3v) is 2.73. The second-order valence-electron chi connectivity index (χ2n) is 4.30. The molecule has 108 valence electrons. The molecule has 0 aliphatic carbocycles. The fourth-order valence-electron chi connectivity index (χ4n) is 1.72. The number of hydrogen-bond acceptors (Lipinski definition) is 4. The molecule has 0 atom stereocenters. The standard InChI is InChI=1S/C13H14F3N3O/c1-17-7-3-6-11-18-12(19-20-11)9-4-2-5-10(8-9)13(14,15)16/h2,4-5,8,17H,3,6-7H2,1H3. The lowest BCUT2D eigenvalue weighted by Crippen LogP contribution is -2.08. The van der Waals surface area contributed by atoms with Gasteiger partial charge < -0.3 is 9.84 Å². The minimum absolute atomic E-state index is 0.176. The van der Waals surface area contributed by atoms with Gasteiger partial charge in [0.25, 0.3) is 0 Å². The molecule has 0 spiro atoms. The molecule has 2 rings (SSSR count). The van der Waals surface area contributed by atoms with Gasteiger partial charge in [0.05, 0.1) is 5.56 Å². The van der Waals surface area contributed by atoms with Crippen LogP contribution in [-0.4, -0.2) is 23.7 Å². The highest BCUT2D eigenvalue weighted by molar-refractivity contribution is 5.55.